The van der Waals surface area contributed by atoms with E-state index < -0.39 is 0 Å². The van der Waals surface area contributed by atoms with Gasteiger partial charge in [0, 0.05) is 0 Å². The first-order chi connectivity index (χ1) is 4.97. The highest BCUT2D eigenvalue weighted by Crippen LogP contribution is 2.30. The molecule has 0 N–H and O–H groups in total. The Labute approximate surface area is 65.0 Å². The summed E-state index contributed by atoms with van der Waals surface area (Å²) in [6.07, 6.45) is 12.8. The Hall–Kier alpha value is -0.690. The van der Waals surface area contributed by atoms with E-state index in [4.69, 9.17) is 0 Å². The fourth-order valence-electron chi connectivity index (χ4n) is 1.08. The average Bonchev–Trinajstić information content (AvgIpc) is 2.28. The van der Waals surface area contributed by atoms with Gasteiger partial charge in [0.25, 0.3) is 0 Å². The second-order valence-corrected chi connectivity index (χ2v) is 3.35. The molecule has 2 rings (SSSR count). The van der Waals surface area contributed by atoms with E-state index in [-0.39, 0.29) is 0 Å². The predicted molar refractivity (Wildman–Crippen MR) is 46.9 cm³/mol. The van der Waals surface area contributed by atoms with Crippen molar-refractivity contribution in [1.29, 1.82) is 0 Å². The van der Waals surface area contributed by atoms with Gasteiger partial charge in [-0.05, 0) is 11.0 Å². The minimum atomic E-state index is 0.579. The molecule has 0 amide bonds. The third-order valence-corrected chi connectivity index (χ3v) is 2.63. The lowest BCUT2D eigenvalue weighted by molar-refractivity contribution is 1.34. The molecule has 1 heteroatoms. The average molecular weight is 148 g/mol. The van der Waals surface area contributed by atoms with Crippen LogP contribution in [0.5, 0.6) is 0 Å². The Morgan fingerprint density at radius 3 is 3.20 bits per heavy atom. The first-order valence-corrected chi connectivity index (χ1v) is 4.28. The normalized spacial score (nSPS) is 28.0. The lowest BCUT2D eigenvalue weighted by atomic mass is 10.2. The first-order valence-electron chi connectivity index (χ1n) is 3.34. The van der Waals surface area contributed by atoms with Crippen molar-refractivity contribution in [3.05, 3.63) is 47.4 Å². The molecule has 0 radical (unpaired) electrons. The van der Waals surface area contributed by atoms with Gasteiger partial charge in [-0.3, -0.25) is 0 Å². The molecule has 10 heavy (non-hydrogen) atoms. The van der Waals surface area contributed by atoms with Gasteiger partial charge >= 0.3 is 0 Å². The SMILES string of the molecule is C1=CC=C2C=CSC2C=C1. The molecule has 1 heterocycles. The standard InChI is InChI=1S/C9H8S/c1-2-4-8-6-7-10-9(8)5-3-1/h1-7,9H. The molecule has 0 nitrogen and oxygen atoms in total. The van der Waals surface area contributed by atoms with Crippen LogP contribution in [0.25, 0.3) is 0 Å². The van der Waals surface area contributed by atoms with Crippen LogP contribution in [0.4, 0.5) is 0 Å². The number of fused-ring (bicyclic) bond motifs is 1. The maximum Gasteiger partial charge on any atom is 0.0521 e. The van der Waals surface area contributed by atoms with E-state index in [0.29, 0.717) is 5.25 Å². The minimum Gasteiger partial charge on any atom is -0.122 e. The molecule has 1 atom stereocenters. The molecule has 0 saturated heterocycles. The molecule has 0 bridgehead atoms. The van der Waals surface area contributed by atoms with E-state index in [1.54, 1.807) is 0 Å². The summed E-state index contributed by atoms with van der Waals surface area (Å²) < 4.78 is 0. The molecule has 0 aromatic heterocycles. The molecule has 0 aromatic carbocycles. The monoisotopic (exact) mass is 148 g/mol. The fraction of sp³-hybridized carbons (Fsp3) is 0.111. The summed E-state index contributed by atoms with van der Waals surface area (Å²) in [6.45, 7) is 0. The predicted octanol–water partition coefficient (Wildman–Crippen LogP) is 2.67. The van der Waals surface area contributed by atoms with Crippen LogP contribution in [0.15, 0.2) is 47.4 Å². The Kier molecular flexibility index (Phi) is 1.52. The van der Waals surface area contributed by atoms with Crippen LogP contribution in [-0.2, 0) is 0 Å². The largest absolute Gasteiger partial charge is 0.122 e. The third kappa shape index (κ3) is 0.971. The number of thioether (sulfide) groups is 1. The maximum atomic E-state index is 2.22. The van der Waals surface area contributed by atoms with E-state index in [1.807, 2.05) is 11.8 Å². The summed E-state index contributed by atoms with van der Waals surface area (Å²) in [5.41, 5.74) is 1.41. The molecular formula is C9H8S. The number of rotatable bonds is 0. The highest BCUT2D eigenvalue weighted by atomic mass is 32.2. The zero-order valence-electron chi connectivity index (χ0n) is 5.53. The number of allylic oxidation sites excluding steroid dienone is 5. The fourth-order valence-corrected chi connectivity index (χ4v) is 1.98. The van der Waals surface area contributed by atoms with E-state index >= 15 is 0 Å². The topological polar surface area (TPSA) is 0 Å². The Bertz CT molecular complexity index is 243. The van der Waals surface area contributed by atoms with Crippen LogP contribution in [0.2, 0.25) is 0 Å². The smallest absolute Gasteiger partial charge is 0.0521 e. The van der Waals surface area contributed by atoms with Gasteiger partial charge in [0.05, 0.1) is 5.25 Å². The summed E-state index contributed by atoms with van der Waals surface area (Å²) in [6, 6.07) is 0. The van der Waals surface area contributed by atoms with Crippen molar-refractivity contribution in [2.24, 2.45) is 0 Å². The molecule has 0 fully saturated rings. The summed E-state index contributed by atoms with van der Waals surface area (Å²) in [5.74, 6) is 0. The Morgan fingerprint density at radius 1 is 1.20 bits per heavy atom. The van der Waals surface area contributed by atoms with E-state index in [0.717, 1.165) is 0 Å². The Balaban J connectivity index is 2.36. The highest BCUT2D eigenvalue weighted by molar-refractivity contribution is 8.03. The molecule has 0 aromatic rings. The van der Waals surface area contributed by atoms with Gasteiger partial charge in [-0.15, -0.1) is 11.8 Å². The lowest BCUT2D eigenvalue weighted by Crippen LogP contribution is -1.93. The Morgan fingerprint density at radius 2 is 2.20 bits per heavy atom. The molecular weight excluding hydrogens is 140 g/mol. The van der Waals surface area contributed by atoms with Crippen LogP contribution in [0, 0.1) is 0 Å². The molecule has 1 unspecified atom stereocenters. The van der Waals surface area contributed by atoms with Crippen LogP contribution in [0.3, 0.4) is 0 Å². The maximum absolute atomic E-state index is 2.22. The van der Waals surface area contributed by atoms with E-state index in [9.17, 15) is 0 Å². The van der Waals surface area contributed by atoms with Crippen LogP contribution >= 0.6 is 11.8 Å². The van der Waals surface area contributed by atoms with Crippen molar-refractivity contribution in [1.82, 2.24) is 0 Å². The molecule has 0 spiro atoms. The minimum absolute atomic E-state index is 0.579. The summed E-state index contributed by atoms with van der Waals surface area (Å²) in [5, 5.41) is 2.73. The lowest BCUT2D eigenvalue weighted by Gasteiger charge is -2.01. The molecule has 50 valence electrons. The van der Waals surface area contributed by atoms with Crippen molar-refractivity contribution in [3.63, 3.8) is 0 Å². The number of hydrogen-bond acceptors (Lipinski definition) is 1. The molecule has 1 aliphatic carbocycles. The number of hydrogen-bond donors (Lipinski definition) is 0. The molecule has 0 saturated carbocycles. The summed E-state index contributed by atoms with van der Waals surface area (Å²) in [4.78, 5) is 0. The zero-order valence-corrected chi connectivity index (χ0v) is 6.34. The summed E-state index contributed by atoms with van der Waals surface area (Å²) in [7, 11) is 0. The van der Waals surface area contributed by atoms with Gasteiger partial charge in [0.2, 0.25) is 0 Å². The third-order valence-electron chi connectivity index (χ3n) is 1.61. The zero-order chi connectivity index (χ0) is 6.81. The first kappa shape index (κ1) is 6.05. The van der Waals surface area contributed by atoms with Crippen molar-refractivity contribution in [2.45, 2.75) is 5.25 Å². The van der Waals surface area contributed by atoms with Crippen molar-refractivity contribution in [3.8, 4) is 0 Å². The van der Waals surface area contributed by atoms with Gasteiger partial charge in [-0.25, -0.2) is 0 Å². The van der Waals surface area contributed by atoms with Crippen LogP contribution < -0.4 is 0 Å². The van der Waals surface area contributed by atoms with E-state index in [2.05, 4.69) is 41.9 Å². The van der Waals surface area contributed by atoms with Crippen molar-refractivity contribution in [2.75, 3.05) is 0 Å². The van der Waals surface area contributed by atoms with Gasteiger partial charge in [-0.2, -0.15) is 0 Å². The second kappa shape index (κ2) is 2.51. The van der Waals surface area contributed by atoms with Gasteiger partial charge in [0.1, 0.15) is 0 Å². The van der Waals surface area contributed by atoms with Crippen LogP contribution in [-0.4, -0.2) is 5.25 Å². The van der Waals surface area contributed by atoms with Gasteiger partial charge in [-0.1, -0.05) is 36.5 Å². The van der Waals surface area contributed by atoms with E-state index in [1.165, 1.54) is 5.57 Å². The quantitative estimate of drug-likeness (QED) is 0.509. The van der Waals surface area contributed by atoms with Gasteiger partial charge < -0.3 is 0 Å². The highest BCUT2D eigenvalue weighted by Gasteiger charge is 2.12. The second-order valence-electron chi connectivity index (χ2n) is 2.30. The van der Waals surface area contributed by atoms with Crippen LogP contribution in [0.1, 0.15) is 0 Å². The van der Waals surface area contributed by atoms with Crippen molar-refractivity contribution < 1.29 is 0 Å². The van der Waals surface area contributed by atoms with Gasteiger partial charge in [0.15, 0.2) is 0 Å². The van der Waals surface area contributed by atoms with Crippen molar-refractivity contribution >= 4 is 11.8 Å². The summed E-state index contributed by atoms with van der Waals surface area (Å²) >= 11 is 1.86. The molecule has 1 aliphatic heterocycles. The molecule has 2 aliphatic rings.